The van der Waals surface area contributed by atoms with Gasteiger partial charge < -0.3 is 4.74 Å². The lowest BCUT2D eigenvalue weighted by Crippen LogP contribution is -2.42. The molecule has 1 saturated heterocycles. The van der Waals surface area contributed by atoms with Gasteiger partial charge in [0.1, 0.15) is 6.10 Å². The molecule has 1 heterocycles. The molecular formula is C9H13NO2. The highest BCUT2D eigenvalue weighted by Gasteiger charge is 2.62. The average molecular weight is 167 g/mol. The van der Waals surface area contributed by atoms with Crippen LogP contribution in [0.3, 0.4) is 0 Å². The van der Waals surface area contributed by atoms with Crippen LogP contribution in [0.25, 0.3) is 0 Å². The lowest BCUT2D eigenvalue weighted by atomic mass is 9.82. The third-order valence-electron chi connectivity index (χ3n) is 2.82. The number of ketones is 1. The first kappa shape index (κ1) is 7.95. The molecule has 3 heteroatoms. The molecule has 0 radical (unpaired) electrons. The third-order valence-corrected chi connectivity index (χ3v) is 2.82. The van der Waals surface area contributed by atoms with E-state index in [4.69, 9.17) is 10.5 Å². The number of hydrogen-bond donors (Lipinski definition) is 1. The molecule has 1 unspecified atom stereocenters. The van der Waals surface area contributed by atoms with Gasteiger partial charge >= 0.3 is 0 Å². The number of carbonyl (C=O) groups is 1. The van der Waals surface area contributed by atoms with Gasteiger partial charge in [0.05, 0.1) is 0 Å². The number of fused-ring (bicyclic) bond motifs is 1. The Morgan fingerprint density at radius 3 is 3.00 bits per heavy atom. The highest BCUT2D eigenvalue weighted by Crippen LogP contribution is 2.44. The fraction of sp³-hybridized carbons (Fsp3) is 0.667. The Kier molecular flexibility index (Phi) is 1.44. The average Bonchev–Trinajstić information content (AvgIpc) is 2.62. The van der Waals surface area contributed by atoms with Gasteiger partial charge in [-0.1, -0.05) is 12.2 Å². The smallest absolute Gasteiger partial charge is 0.203 e. The van der Waals surface area contributed by atoms with Crippen molar-refractivity contribution in [1.82, 2.24) is 0 Å². The number of allylic oxidation sites excluding steroid dienone is 1. The molecule has 3 atom stereocenters. The van der Waals surface area contributed by atoms with Gasteiger partial charge in [-0.3, -0.25) is 10.5 Å². The maximum atomic E-state index is 11.4. The summed E-state index contributed by atoms with van der Waals surface area (Å²) in [5.41, 5.74) is 5.80. The van der Waals surface area contributed by atoms with E-state index in [1.54, 1.807) is 0 Å². The van der Waals surface area contributed by atoms with Gasteiger partial charge in [-0.2, -0.15) is 0 Å². The van der Waals surface area contributed by atoms with Crippen LogP contribution in [0.4, 0.5) is 0 Å². The summed E-state index contributed by atoms with van der Waals surface area (Å²) in [4.78, 5) is 11.4. The quantitative estimate of drug-likeness (QED) is 0.459. The lowest BCUT2D eigenvalue weighted by Gasteiger charge is -2.20. The second-order valence-electron chi connectivity index (χ2n) is 3.81. The molecule has 2 N–H and O–H groups in total. The van der Waals surface area contributed by atoms with Crippen LogP contribution in [0.1, 0.15) is 19.8 Å². The van der Waals surface area contributed by atoms with E-state index in [-0.39, 0.29) is 17.8 Å². The van der Waals surface area contributed by atoms with Crippen molar-refractivity contribution in [1.29, 1.82) is 0 Å². The van der Waals surface area contributed by atoms with E-state index in [0.29, 0.717) is 6.42 Å². The Balaban J connectivity index is 2.12. The summed E-state index contributed by atoms with van der Waals surface area (Å²) in [7, 11) is 0. The summed E-state index contributed by atoms with van der Waals surface area (Å²) in [5.74, 6) is 0.313. The molecule has 2 rings (SSSR count). The number of Topliss-reactive ketones (excluding diaryl/α,β-unsaturated/α-hetero) is 1. The van der Waals surface area contributed by atoms with Crippen molar-refractivity contribution in [2.75, 3.05) is 0 Å². The number of nitrogens with two attached hydrogens (primary N) is 1. The Morgan fingerprint density at radius 2 is 2.50 bits per heavy atom. The van der Waals surface area contributed by atoms with Crippen molar-refractivity contribution >= 4 is 5.78 Å². The van der Waals surface area contributed by atoms with Crippen molar-refractivity contribution in [3.05, 3.63) is 12.2 Å². The zero-order valence-electron chi connectivity index (χ0n) is 7.17. The molecule has 0 amide bonds. The molecule has 1 aliphatic carbocycles. The van der Waals surface area contributed by atoms with E-state index < -0.39 is 5.72 Å². The first-order valence-electron chi connectivity index (χ1n) is 4.19. The summed E-state index contributed by atoms with van der Waals surface area (Å²) < 4.78 is 5.15. The van der Waals surface area contributed by atoms with Gasteiger partial charge in [0.2, 0.25) is 5.72 Å². The molecule has 0 spiro atoms. The molecule has 2 fully saturated rings. The molecule has 1 aliphatic heterocycles. The van der Waals surface area contributed by atoms with Crippen molar-refractivity contribution < 1.29 is 9.53 Å². The standard InChI is InChI=1S/C9H13NO2/c1-5(2)6-3-7(11)9(10)8(4-6)12-9/h6,8H,1,3-4,10H2,2H3/t6-,8?,9-/m0/s1. The molecule has 1 saturated carbocycles. The van der Waals surface area contributed by atoms with E-state index in [2.05, 4.69) is 6.58 Å². The van der Waals surface area contributed by atoms with Gasteiger partial charge in [0, 0.05) is 6.42 Å². The van der Waals surface area contributed by atoms with Crippen molar-refractivity contribution in [3.63, 3.8) is 0 Å². The lowest BCUT2D eigenvalue weighted by molar-refractivity contribution is -0.125. The van der Waals surface area contributed by atoms with Crippen LogP contribution in [-0.2, 0) is 9.53 Å². The third kappa shape index (κ3) is 0.934. The number of ether oxygens (including phenoxy) is 1. The molecule has 2 aliphatic rings. The minimum Gasteiger partial charge on any atom is -0.343 e. The van der Waals surface area contributed by atoms with Crippen molar-refractivity contribution in [2.24, 2.45) is 11.7 Å². The maximum absolute atomic E-state index is 11.4. The molecule has 0 aromatic carbocycles. The normalized spacial score (nSPS) is 45.3. The number of rotatable bonds is 1. The molecular weight excluding hydrogens is 154 g/mol. The first-order chi connectivity index (χ1) is 5.54. The molecule has 12 heavy (non-hydrogen) atoms. The van der Waals surface area contributed by atoms with Crippen LogP contribution in [0.2, 0.25) is 0 Å². The van der Waals surface area contributed by atoms with Crippen LogP contribution in [-0.4, -0.2) is 17.6 Å². The van der Waals surface area contributed by atoms with Gasteiger partial charge in [0.25, 0.3) is 0 Å². The van der Waals surface area contributed by atoms with Crippen molar-refractivity contribution in [2.45, 2.75) is 31.6 Å². The largest absolute Gasteiger partial charge is 0.343 e. The van der Waals surface area contributed by atoms with Crippen LogP contribution in [0.15, 0.2) is 12.2 Å². The highest BCUT2D eigenvalue weighted by molar-refractivity contribution is 5.91. The van der Waals surface area contributed by atoms with Gasteiger partial charge in [-0.25, -0.2) is 0 Å². The summed E-state index contributed by atoms with van der Waals surface area (Å²) in [5, 5.41) is 0. The van der Waals surface area contributed by atoms with E-state index in [1.807, 2.05) is 6.92 Å². The molecule has 0 bridgehead atoms. The van der Waals surface area contributed by atoms with E-state index >= 15 is 0 Å². The molecule has 3 nitrogen and oxygen atoms in total. The van der Waals surface area contributed by atoms with Crippen LogP contribution in [0, 0.1) is 5.92 Å². The topological polar surface area (TPSA) is 55.6 Å². The van der Waals surface area contributed by atoms with E-state index in [1.165, 1.54) is 0 Å². The second-order valence-corrected chi connectivity index (χ2v) is 3.81. The molecule has 66 valence electrons. The minimum atomic E-state index is -0.911. The second kappa shape index (κ2) is 2.18. The van der Waals surface area contributed by atoms with Gasteiger partial charge in [-0.05, 0) is 19.3 Å². The highest BCUT2D eigenvalue weighted by atomic mass is 16.6. The summed E-state index contributed by atoms with van der Waals surface area (Å²) in [6.07, 6.45) is 1.32. The zero-order chi connectivity index (χ0) is 8.93. The predicted octanol–water partition coefficient (Wildman–Crippen LogP) is 0.595. The fourth-order valence-electron chi connectivity index (χ4n) is 1.77. The van der Waals surface area contributed by atoms with Gasteiger partial charge in [0.15, 0.2) is 5.78 Å². The van der Waals surface area contributed by atoms with Gasteiger partial charge in [-0.15, -0.1) is 0 Å². The van der Waals surface area contributed by atoms with E-state index in [9.17, 15) is 4.79 Å². The van der Waals surface area contributed by atoms with Crippen LogP contribution in [0.5, 0.6) is 0 Å². The molecule has 0 aromatic rings. The summed E-state index contributed by atoms with van der Waals surface area (Å²) >= 11 is 0. The number of carbonyl (C=O) groups excluding carboxylic acids is 1. The summed E-state index contributed by atoms with van der Waals surface area (Å²) in [6.45, 7) is 5.79. The fourth-order valence-corrected chi connectivity index (χ4v) is 1.77. The number of epoxide rings is 1. The predicted molar refractivity (Wildman–Crippen MR) is 44.3 cm³/mol. The monoisotopic (exact) mass is 167 g/mol. The Bertz CT molecular complexity index is 261. The Labute approximate surface area is 71.6 Å². The Hall–Kier alpha value is -0.670. The summed E-state index contributed by atoms with van der Waals surface area (Å²) in [6, 6.07) is 0. The zero-order valence-corrected chi connectivity index (χ0v) is 7.17. The number of hydrogen-bond acceptors (Lipinski definition) is 3. The van der Waals surface area contributed by atoms with Crippen LogP contribution >= 0.6 is 0 Å². The van der Waals surface area contributed by atoms with Crippen LogP contribution < -0.4 is 5.73 Å². The maximum Gasteiger partial charge on any atom is 0.203 e. The van der Waals surface area contributed by atoms with Crippen molar-refractivity contribution in [3.8, 4) is 0 Å². The molecule has 0 aromatic heterocycles. The Morgan fingerprint density at radius 1 is 1.83 bits per heavy atom. The minimum absolute atomic E-state index is 0.0340. The first-order valence-corrected chi connectivity index (χ1v) is 4.19. The van der Waals surface area contributed by atoms with E-state index in [0.717, 1.165) is 12.0 Å². The SMILES string of the molecule is C=C(C)[C@H]1CC(=O)[C@]2(N)OC2C1.